The second-order valence-electron chi connectivity index (χ2n) is 19.5. The number of carbonyl (C=O) groups excluding carboxylic acids is 1. The van der Waals surface area contributed by atoms with Gasteiger partial charge >= 0.3 is 0 Å². The van der Waals surface area contributed by atoms with Gasteiger partial charge in [-0.05, 0) is 64.2 Å². The van der Waals surface area contributed by atoms with Crippen LogP contribution >= 0.6 is 0 Å². The molecule has 1 aliphatic heterocycles. The molecule has 392 valence electrons. The van der Waals surface area contributed by atoms with Crippen molar-refractivity contribution < 1.29 is 44.9 Å². The molecule has 10 heteroatoms. The van der Waals surface area contributed by atoms with Crippen LogP contribution in [0.15, 0.2) is 48.6 Å². The third kappa shape index (κ3) is 35.8. The van der Waals surface area contributed by atoms with E-state index in [2.05, 4.69) is 55.6 Å². The third-order valence-electron chi connectivity index (χ3n) is 13.2. The summed E-state index contributed by atoms with van der Waals surface area (Å²) in [6, 6.07) is -1.00. The molecule has 0 aromatic heterocycles. The summed E-state index contributed by atoms with van der Waals surface area (Å²) in [7, 11) is 0. The van der Waals surface area contributed by atoms with Gasteiger partial charge in [0, 0.05) is 0 Å². The summed E-state index contributed by atoms with van der Waals surface area (Å²) in [6.07, 6.45) is 50.9. The van der Waals surface area contributed by atoms with Crippen LogP contribution in [0.5, 0.6) is 0 Å². The molecule has 8 unspecified atom stereocenters. The zero-order valence-corrected chi connectivity index (χ0v) is 43.0. The first kappa shape index (κ1) is 63.1. The lowest BCUT2D eigenvalue weighted by molar-refractivity contribution is -0.302. The van der Waals surface area contributed by atoms with Gasteiger partial charge in [0.1, 0.15) is 30.5 Å². The standard InChI is InChI=1S/C57H105NO9/c1-3-5-7-9-11-13-15-17-18-19-20-21-22-23-24-25-26-27-28-29-30-31-32-33-34-36-38-40-42-44-46-51(61)56(65)58-49(48-66-57-55(64)54(63)53(62)52(47-59)67-57)50(60)45-43-41-39-37-35-16-14-12-10-8-6-4-2/h10,12,23-24,35,37,43,45,49-55,57,59-64H,3-9,11,13-22,25-34,36,38-42,44,46-48H2,1-2H3,(H,58,65)/b12-10+,24-23-,37-35+,45-43+. The highest BCUT2D eigenvalue weighted by Gasteiger charge is 2.44. The first-order valence-corrected chi connectivity index (χ1v) is 28.0. The van der Waals surface area contributed by atoms with Gasteiger partial charge in [-0.25, -0.2) is 0 Å². The molecule has 0 aliphatic carbocycles. The average molecular weight is 948 g/mol. The first-order chi connectivity index (χ1) is 32.8. The Balaban J connectivity index is 2.19. The number of rotatable bonds is 47. The number of hydrogen-bond donors (Lipinski definition) is 7. The van der Waals surface area contributed by atoms with E-state index in [0.717, 1.165) is 44.9 Å². The Morgan fingerprint density at radius 3 is 1.34 bits per heavy atom. The molecule has 1 saturated heterocycles. The van der Waals surface area contributed by atoms with Crippen LogP contribution in [0, 0.1) is 0 Å². The van der Waals surface area contributed by atoms with E-state index in [1.807, 2.05) is 6.08 Å². The average Bonchev–Trinajstić information content (AvgIpc) is 3.33. The predicted molar refractivity (Wildman–Crippen MR) is 278 cm³/mol. The summed E-state index contributed by atoms with van der Waals surface area (Å²) < 4.78 is 11.1. The zero-order valence-electron chi connectivity index (χ0n) is 43.0. The molecule has 1 aliphatic rings. The van der Waals surface area contributed by atoms with Crippen LogP contribution in [0.1, 0.15) is 245 Å². The van der Waals surface area contributed by atoms with Crippen molar-refractivity contribution in [2.45, 2.75) is 294 Å². The molecule has 0 aromatic carbocycles. The van der Waals surface area contributed by atoms with Crippen molar-refractivity contribution in [3.05, 3.63) is 48.6 Å². The molecule has 1 heterocycles. The number of ether oxygens (including phenoxy) is 2. The first-order valence-electron chi connectivity index (χ1n) is 28.0. The second kappa shape index (κ2) is 46.5. The molecule has 7 N–H and O–H groups in total. The molecule has 0 aromatic rings. The van der Waals surface area contributed by atoms with Gasteiger partial charge in [-0.2, -0.15) is 0 Å². The maximum atomic E-state index is 13.1. The summed E-state index contributed by atoms with van der Waals surface area (Å²) in [5.74, 6) is -0.630. The van der Waals surface area contributed by atoms with Crippen LogP contribution in [0.2, 0.25) is 0 Å². The van der Waals surface area contributed by atoms with Crippen molar-refractivity contribution in [3.8, 4) is 0 Å². The largest absolute Gasteiger partial charge is 0.394 e. The second-order valence-corrected chi connectivity index (χ2v) is 19.5. The van der Waals surface area contributed by atoms with Gasteiger partial charge in [0.05, 0.1) is 25.4 Å². The minimum Gasteiger partial charge on any atom is -0.394 e. The minimum absolute atomic E-state index is 0.301. The molecule has 8 atom stereocenters. The Hall–Kier alpha value is -1.89. The van der Waals surface area contributed by atoms with Crippen molar-refractivity contribution >= 4 is 5.91 Å². The van der Waals surface area contributed by atoms with Crippen molar-refractivity contribution in [3.63, 3.8) is 0 Å². The minimum atomic E-state index is -1.62. The summed E-state index contributed by atoms with van der Waals surface area (Å²) in [5, 5.41) is 64.8. The number of unbranched alkanes of at least 4 members (excludes halogenated alkanes) is 30. The van der Waals surface area contributed by atoms with E-state index in [4.69, 9.17) is 9.47 Å². The van der Waals surface area contributed by atoms with Gasteiger partial charge in [-0.3, -0.25) is 4.79 Å². The Morgan fingerprint density at radius 1 is 0.507 bits per heavy atom. The molecule has 0 bridgehead atoms. The number of hydrogen-bond acceptors (Lipinski definition) is 9. The number of allylic oxidation sites excluding steroid dienone is 7. The van der Waals surface area contributed by atoms with Crippen molar-refractivity contribution in [1.29, 1.82) is 0 Å². The molecule has 1 fully saturated rings. The predicted octanol–water partition coefficient (Wildman–Crippen LogP) is 12.3. The summed E-state index contributed by atoms with van der Waals surface area (Å²) >= 11 is 0. The number of aliphatic hydroxyl groups excluding tert-OH is 6. The van der Waals surface area contributed by atoms with Gasteiger partial charge in [-0.1, -0.05) is 229 Å². The highest BCUT2D eigenvalue weighted by Crippen LogP contribution is 2.23. The third-order valence-corrected chi connectivity index (χ3v) is 13.2. The van der Waals surface area contributed by atoms with Gasteiger partial charge < -0.3 is 45.4 Å². The summed E-state index contributed by atoms with van der Waals surface area (Å²) in [6.45, 7) is 3.55. The number of carbonyl (C=O) groups is 1. The van der Waals surface area contributed by atoms with E-state index in [1.54, 1.807) is 6.08 Å². The topological polar surface area (TPSA) is 169 Å². The summed E-state index contributed by atoms with van der Waals surface area (Å²) in [5.41, 5.74) is 0. The van der Waals surface area contributed by atoms with Crippen LogP contribution in [0.3, 0.4) is 0 Å². The number of amides is 1. The molecule has 0 saturated carbocycles. The molecule has 10 nitrogen and oxygen atoms in total. The van der Waals surface area contributed by atoms with E-state index in [-0.39, 0.29) is 6.61 Å². The van der Waals surface area contributed by atoms with Crippen LogP contribution in [0.25, 0.3) is 0 Å². The molecule has 67 heavy (non-hydrogen) atoms. The maximum Gasteiger partial charge on any atom is 0.249 e. The Morgan fingerprint density at radius 2 is 0.896 bits per heavy atom. The lowest BCUT2D eigenvalue weighted by atomic mass is 9.99. The van der Waals surface area contributed by atoms with Crippen LogP contribution in [-0.4, -0.2) is 98.7 Å². The highest BCUT2D eigenvalue weighted by molar-refractivity contribution is 5.80. The monoisotopic (exact) mass is 948 g/mol. The normalized spacial score (nSPS) is 20.5. The van der Waals surface area contributed by atoms with Crippen LogP contribution < -0.4 is 5.32 Å². The van der Waals surface area contributed by atoms with Crippen molar-refractivity contribution in [1.82, 2.24) is 5.32 Å². The Kier molecular flexibility index (Phi) is 43.8. The fraction of sp³-hybridized carbons (Fsp3) is 0.842. The van der Waals surface area contributed by atoms with E-state index < -0.39 is 61.5 Å². The summed E-state index contributed by atoms with van der Waals surface area (Å²) in [4.78, 5) is 13.1. The zero-order chi connectivity index (χ0) is 48.8. The van der Waals surface area contributed by atoms with Gasteiger partial charge in [0.15, 0.2) is 6.29 Å². The number of aliphatic hydroxyl groups is 6. The van der Waals surface area contributed by atoms with Gasteiger partial charge in [-0.15, -0.1) is 0 Å². The molecular formula is C57H105NO9. The highest BCUT2D eigenvalue weighted by atomic mass is 16.7. The van der Waals surface area contributed by atoms with Crippen LogP contribution in [0.4, 0.5) is 0 Å². The van der Waals surface area contributed by atoms with Crippen molar-refractivity contribution in [2.75, 3.05) is 13.2 Å². The fourth-order valence-corrected chi connectivity index (χ4v) is 8.65. The maximum absolute atomic E-state index is 13.1. The fourth-order valence-electron chi connectivity index (χ4n) is 8.65. The lowest BCUT2D eigenvalue weighted by Gasteiger charge is -2.40. The quantitative estimate of drug-likeness (QED) is 0.0232. The Labute approximate surface area is 410 Å². The molecular weight excluding hydrogens is 843 g/mol. The lowest BCUT2D eigenvalue weighted by Crippen LogP contribution is -2.60. The van der Waals surface area contributed by atoms with Gasteiger partial charge in [0.25, 0.3) is 0 Å². The van der Waals surface area contributed by atoms with E-state index in [1.165, 1.54) is 167 Å². The van der Waals surface area contributed by atoms with E-state index in [9.17, 15) is 35.4 Å². The van der Waals surface area contributed by atoms with E-state index >= 15 is 0 Å². The van der Waals surface area contributed by atoms with E-state index in [0.29, 0.717) is 19.3 Å². The molecule has 0 spiro atoms. The van der Waals surface area contributed by atoms with Gasteiger partial charge in [0.2, 0.25) is 5.91 Å². The molecule has 1 rings (SSSR count). The molecule has 1 amide bonds. The number of nitrogens with one attached hydrogen (secondary N) is 1. The SMILES string of the molecule is CCCC/C=C/CC/C=C/CC/C=C/C(O)C(COC1OC(CO)C(O)C(O)C1O)NC(=O)C(O)CCCCCCCCCCCCCCCC/C=C\CCCCCCCCCCCCCC. The Bertz CT molecular complexity index is 1210. The van der Waals surface area contributed by atoms with Crippen LogP contribution in [-0.2, 0) is 14.3 Å². The smallest absolute Gasteiger partial charge is 0.249 e. The molecule has 0 radical (unpaired) electrons. The van der Waals surface area contributed by atoms with Crippen molar-refractivity contribution in [2.24, 2.45) is 0 Å².